The Kier molecular flexibility index (Phi) is 19.8. The summed E-state index contributed by atoms with van der Waals surface area (Å²) in [6.45, 7) is 0.985. The highest BCUT2D eigenvalue weighted by molar-refractivity contribution is 7.89. The number of carbonyl (C=O) groups is 9. The zero-order valence-electron chi connectivity index (χ0n) is 37.2. The van der Waals surface area contributed by atoms with Crippen LogP contribution in [0.5, 0.6) is 0 Å². The second-order valence-electron chi connectivity index (χ2n) is 15.9. The summed E-state index contributed by atoms with van der Waals surface area (Å²) in [4.78, 5) is 118. The summed E-state index contributed by atoms with van der Waals surface area (Å²) in [6, 6.07) is 9.19. The highest BCUT2D eigenvalue weighted by atomic mass is 32.2. The Morgan fingerprint density at radius 3 is 1.87 bits per heavy atom. The first-order valence-electron chi connectivity index (χ1n) is 21.5. The van der Waals surface area contributed by atoms with Crippen molar-refractivity contribution in [2.24, 2.45) is 5.73 Å². The van der Waals surface area contributed by atoms with Crippen LogP contribution in [0.3, 0.4) is 0 Å². The molecular weight excluding hydrogens is 928 g/mol. The van der Waals surface area contributed by atoms with E-state index in [-0.39, 0.29) is 23.3 Å². The van der Waals surface area contributed by atoms with Crippen molar-refractivity contribution in [3.05, 3.63) is 102 Å². The summed E-state index contributed by atoms with van der Waals surface area (Å²) in [5.41, 5.74) is 7.66. The van der Waals surface area contributed by atoms with Gasteiger partial charge < -0.3 is 52.6 Å². The first-order valence-corrected chi connectivity index (χ1v) is 23.0. The molecule has 0 fully saturated rings. The van der Waals surface area contributed by atoms with E-state index in [1.54, 1.807) is 42.6 Å². The lowest BCUT2D eigenvalue weighted by Crippen LogP contribution is -2.58. The van der Waals surface area contributed by atoms with Gasteiger partial charge in [0, 0.05) is 42.8 Å². The van der Waals surface area contributed by atoms with E-state index >= 15 is 0 Å². The highest BCUT2D eigenvalue weighted by Crippen LogP contribution is 2.20. The van der Waals surface area contributed by atoms with Gasteiger partial charge in [0.15, 0.2) is 0 Å². The fourth-order valence-corrected chi connectivity index (χ4v) is 8.22. The first-order chi connectivity index (χ1) is 32.6. The van der Waals surface area contributed by atoms with E-state index in [0.717, 1.165) is 24.1 Å². The SMILES string of the molecule is CCCc1ccc(S(=O)(=O)NC(CC(=O)O)C(=O)NC(CCC(=O)O)C(=O)NCC(=O)NC(Cc2cccc(F)c2)C(=O)NC(Cc2c[nH]c3ccccc23)C(=O)NC(CCC(=O)O)C(N)=O)cc1. The third-order valence-corrected chi connectivity index (χ3v) is 12.0. The standard InChI is InChI=1S/C45H53FN8O14S/c1-2-6-25-11-13-29(14-12-25)69(67,68)54-36(22-40(60)61)45(66)52-33(16-18-39(58)59)42(63)49-24-37(55)50-34(20-26-7-5-8-28(46)19-26)43(64)53-35(21-27-23-48-31-10-4-3-9-30(27)31)44(65)51-32(41(47)62)15-17-38(56)57/h3-5,7-14,19,23,32-36,48,54H,2,6,15-18,20-22,24H2,1H3,(H2,47,62)(H,49,63)(H,50,55)(H,51,65)(H,52,66)(H,53,64)(H,56,57)(H,58,59)(H,60,61). The van der Waals surface area contributed by atoms with Gasteiger partial charge in [-0.3, -0.25) is 43.2 Å². The zero-order chi connectivity index (χ0) is 50.8. The van der Waals surface area contributed by atoms with Gasteiger partial charge in [-0.25, -0.2) is 12.8 Å². The summed E-state index contributed by atoms with van der Waals surface area (Å²) >= 11 is 0. The topological polar surface area (TPSA) is 362 Å². The number of fused-ring (bicyclic) bond motifs is 1. The largest absolute Gasteiger partial charge is 0.481 e. The number of aliphatic carboxylic acids is 3. The fraction of sp³-hybridized carbons (Fsp3) is 0.356. The lowest BCUT2D eigenvalue weighted by atomic mass is 10.0. The number of carboxylic acids is 3. The van der Waals surface area contributed by atoms with Gasteiger partial charge in [-0.2, -0.15) is 4.72 Å². The number of nitrogens with two attached hydrogens (primary N) is 1. The van der Waals surface area contributed by atoms with Crippen LogP contribution in [-0.4, -0.2) is 119 Å². The number of halogens is 1. The predicted molar refractivity (Wildman–Crippen MR) is 243 cm³/mol. The van der Waals surface area contributed by atoms with Crippen molar-refractivity contribution >= 4 is 74.3 Å². The molecule has 69 heavy (non-hydrogen) atoms. The van der Waals surface area contributed by atoms with Gasteiger partial charge in [0.25, 0.3) is 0 Å². The highest BCUT2D eigenvalue weighted by Gasteiger charge is 2.33. The maximum absolute atomic E-state index is 14.3. The van der Waals surface area contributed by atoms with E-state index in [1.807, 2.05) is 11.6 Å². The monoisotopic (exact) mass is 980 g/mol. The molecule has 370 valence electrons. The van der Waals surface area contributed by atoms with Crippen LogP contribution in [0.15, 0.2) is 83.9 Å². The number of hydrogen-bond acceptors (Lipinski definition) is 11. The summed E-state index contributed by atoms with van der Waals surface area (Å²) in [5.74, 6) is -11.6. The van der Waals surface area contributed by atoms with Crippen molar-refractivity contribution in [2.45, 2.75) is 99.8 Å². The molecular formula is C45H53FN8O14S. The molecule has 0 saturated carbocycles. The van der Waals surface area contributed by atoms with Crippen LogP contribution in [0.1, 0.15) is 62.1 Å². The minimum atomic E-state index is -4.51. The fourth-order valence-electron chi connectivity index (χ4n) is 7.02. The molecule has 0 radical (unpaired) electrons. The molecule has 22 nitrogen and oxygen atoms in total. The molecule has 4 rings (SSSR count). The third-order valence-electron chi connectivity index (χ3n) is 10.5. The summed E-state index contributed by atoms with van der Waals surface area (Å²) in [6.07, 6.45) is -0.968. The first kappa shape index (κ1) is 53.9. The molecule has 24 heteroatoms. The molecule has 5 atom stereocenters. The number of primary amides is 1. The molecule has 3 aromatic carbocycles. The molecule has 0 aliphatic carbocycles. The Bertz CT molecular complexity index is 2640. The molecule has 0 aliphatic rings. The number of H-pyrrole nitrogens is 1. The van der Waals surface area contributed by atoms with E-state index in [0.29, 0.717) is 22.9 Å². The Morgan fingerprint density at radius 2 is 1.26 bits per heavy atom. The number of rotatable bonds is 28. The van der Waals surface area contributed by atoms with Crippen LogP contribution >= 0.6 is 0 Å². The molecule has 0 bridgehead atoms. The van der Waals surface area contributed by atoms with Crippen molar-refractivity contribution < 1.29 is 71.3 Å². The number of hydrogen-bond donors (Lipinski definition) is 11. The van der Waals surface area contributed by atoms with Gasteiger partial charge in [-0.1, -0.05) is 55.8 Å². The van der Waals surface area contributed by atoms with Crippen molar-refractivity contribution in [2.75, 3.05) is 6.54 Å². The maximum Gasteiger partial charge on any atom is 0.305 e. The number of aromatic nitrogens is 1. The number of aromatic amines is 1. The van der Waals surface area contributed by atoms with Gasteiger partial charge in [0.1, 0.15) is 36.0 Å². The van der Waals surface area contributed by atoms with Crippen LogP contribution in [0.25, 0.3) is 10.9 Å². The number of nitrogens with one attached hydrogen (secondary N) is 7. The second kappa shape index (κ2) is 25.4. The van der Waals surface area contributed by atoms with Crippen molar-refractivity contribution in [3.63, 3.8) is 0 Å². The van der Waals surface area contributed by atoms with Crippen molar-refractivity contribution in [1.82, 2.24) is 36.3 Å². The summed E-state index contributed by atoms with van der Waals surface area (Å²) in [5, 5.41) is 40.4. The van der Waals surface area contributed by atoms with Crippen LogP contribution in [0.2, 0.25) is 0 Å². The molecule has 5 unspecified atom stereocenters. The molecule has 0 saturated heterocycles. The molecule has 0 spiro atoms. The van der Waals surface area contributed by atoms with Gasteiger partial charge in [0.05, 0.1) is 17.9 Å². The Labute approximate surface area is 394 Å². The lowest BCUT2D eigenvalue weighted by Gasteiger charge is -2.25. The van der Waals surface area contributed by atoms with E-state index in [4.69, 9.17) is 5.73 Å². The average Bonchev–Trinajstić information content (AvgIpc) is 3.69. The van der Waals surface area contributed by atoms with E-state index in [1.165, 1.54) is 24.3 Å². The van der Waals surface area contributed by atoms with E-state index < -0.39 is 138 Å². The lowest BCUT2D eigenvalue weighted by molar-refractivity contribution is -0.140. The number of amides is 6. The summed E-state index contributed by atoms with van der Waals surface area (Å²) in [7, 11) is -4.51. The number of carbonyl (C=O) groups excluding carboxylic acids is 6. The maximum atomic E-state index is 14.3. The normalized spacial score (nSPS) is 13.4. The number of para-hydroxylation sites is 1. The van der Waals surface area contributed by atoms with Gasteiger partial charge >= 0.3 is 17.9 Å². The van der Waals surface area contributed by atoms with E-state index in [9.17, 15) is 71.3 Å². The zero-order valence-corrected chi connectivity index (χ0v) is 38.0. The number of benzene rings is 3. The molecule has 1 aromatic heterocycles. The minimum Gasteiger partial charge on any atom is -0.481 e. The van der Waals surface area contributed by atoms with Crippen LogP contribution in [0, 0.1) is 5.82 Å². The average molecular weight is 981 g/mol. The van der Waals surface area contributed by atoms with E-state index in [2.05, 4.69) is 31.6 Å². The number of sulfonamides is 1. The predicted octanol–water partition coefficient (Wildman–Crippen LogP) is 0.137. The van der Waals surface area contributed by atoms with Gasteiger partial charge in [-0.05, 0) is 66.3 Å². The smallest absolute Gasteiger partial charge is 0.305 e. The molecule has 1 heterocycles. The van der Waals surface area contributed by atoms with Crippen LogP contribution in [-0.2, 0) is 72.4 Å². The van der Waals surface area contributed by atoms with Crippen LogP contribution in [0.4, 0.5) is 4.39 Å². The second-order valence-corrected chi connectivity index (χ2v) is 17.6. The Balaban J connectivity index is 1.55. The van der Waals surface area contributed by atoms with Crippen LogP contribution < -0.4 is 37.0 Å². The Hall–Kier alpha value is -7.73. The molecule has 12 N–H and O–H groups in total. The Morgan fingerprint density at radius 1 is 0.667 bits per heavy atom. The van der Waals surface area contributed by atoms with Gasteiger partial charge in [-0.15, -0.1) is 0 Å². The molecule has 6 amide bonds. The third kappa shape index (κ3) is 17.1. The molecule has 0 aliphatic heterocycles. The number of aryl methyl sites for hydroxylation is 1. The summed E-state index contributed by atoms with van der Waals surface area (Å²) < 4.78 is 42.8. The minimum absolute atomic E-state index is 0.191. The van der Waals surface area contributed by atoms with Gasteiger partial charge in [0.2, 0.25) is 45.5 Å². The van der Waals surface area contributed by atoms with Crippen molar-refractivity contribution in [3.8, 4) is 0 Å². The quantitative estimate of drug-likeness (QED) is 0.0361. The molecule has 4 aromatic rings. The van der Waals surface area contributed by atoms with Crippen molar-refractivity contribution in [1.29, 1.82) is 0 Å². The number of carboxylic acid groups (broad SMARTS) is 3.